The first-order valence-electron chi connectivity index (χ1n) is 4.98. The highest BCUT2D eigenvalue weighted by molar-refractivity contribution is 6.31. The third-order valence-electron chi connectivity index (χ3n) is 2.36. The Bertz CT molecular complexity index is 571. The lowest BCUT2D eigenvalue weighted by atomic mass is 10.2. The van der Waals surface area contributed by atoms with Crippen molar-refractivity contribution in [2.75, 3.05) is 0 Å². The summed E-state index contributed by atoms with van der Waals surface area (Å²) in [5.41, 5.74) is 1.41. The number of imidazole rings is 1. The number of halogens is 1. The highest BCUT2D eigenvalue weighted by Gasteiger charge is 2.03. The van der Waals surface area contributed by atoms with Gasteiger partial charge in [0.05, 0.1) is 28.8 Å². The smallest absolute Gasteiger partial charge is 0.130 e. The zero-order valence-corrected chi connectivity index (χ0v) is 9.98. The topological polar surface area (TPSA) is 50.8 Å². The van der Waals surface area contributed by atoms with E-state index >= 15 is 0 Å². The lowest BCUT2D eigenvalue weighted by Crippen LogP contribution is -2.01. The Morgan fingerprint density at radius 3 is 2.94 bits per heavy atom. The van der Waals surface area contributed by atoms with Gasteiger partial charge in [-0.05, 0) is 12.1 Å². The van der Waals surface area contributed by atoms with Crippen LogP contribution < -0.4 is 4.74 Å². The number of hydrogen-bond donors (Lipinski definition) is 0. The maximum Gasteiger partial charge on any atom is 0.130 e. The Morgan fingerprint density at radius 1 is 1.53 bits per heavy atom. The molecule has 2 rings (SSSR count). The van der Waals surface area contributed by atoms with Crippen LogP contribution in [0.5, 0.6) is 5.75 Å². The maximum absolute atomic E-state index is 8.74. The summed E-state index contributed by atoms with van der Waals surface area (Å²) in [4.78, 5) is 3.99. The molecule has 5 heteroatoms. The van der Waals surface area contributed by atoms with E-state index < -0.39 is 0 Å². The van der Waals surface area contributed by atoms with E-state index in [0.29, 0.717) is 22.9 Å². The average molecular weight is 248 g/mol. The van der Waals surface area contributed by atoms with Crippen LogP contribution >= 0.6 is 11.6 Å². The van der Waals surface area contributed by atoms with Crippen LogP contribution in [-0.2, 0) is 13.7 Å². The molecule has 17 heavy (non-hydrogen) atoms. The van der Waals surface area contributed by atoms with Crippen LogP contribution in [-0.4, -0.2) is 9.55 Å². The second-order valence-corrected chi connectivity index (χ2v) is 3.95. The zero-order chi connectivity index (χ0) is 12.3. The monoisotopic (exact) mass is 247 g/mol. The first kappa shape index (κ1) is 11.5. The highest BCUT2D eigenvalue weighted by atomic mass is 35.5. The van der Waals surface area contributed by atoms with E-state index in [1.54, 1.807) is 30.7 Å². The minimum atomic E-state index is 0.398. The predicted molar refractivity (Wildman–Crippen MR) is 63.7 cm³/mol. The molecule has 0 amide bonds. The molecule has 0 atom stereocenters. The van der Waals surface area contributed by atoms with Crippen LogP contribution in [0.1, 0.15) is 11.3 Å². The minimum absolute atomic E-state index is 0.398. The minimum Gasteiger partial charge on any atom is -0.487 e. The summed E-state index contributed by atoms with van der Waals surface area (Å²) < 4.78 is 7.44. The van der Waals surface area contributed by atoms with Crippen LogP contribution in [0, 0.1) is 11.3 Å². The number of nitrogens with zero attached hydrogens (tertiary/aromatic N) is 3. The van der Waals surface area contributed by atoms with E-state index in [-0.39, 0.29) is 0 Å². The molecule has 0 spiro atoms. The van der Waals surface area contributed by atoms with Gasteiger partial charge < -0.3 is 9.30 Å². The molecule has 86 valence electrons. The van der Waals surface area contributed by atoms with Crippen molar-refractivity contribution in [1.82, 2.24) is 9.55 Å². The fourth-order valence-corrected chi connectivity index (χ4v) is 1.57. The molecule has 1 aromatic carbocycles. The van der Waals surface area contributed by atoms with Gasteiger partial charge in [0.15, 0.2) is 0 Å². The molecule has 0 N–H and O–H groups in total. The predicted octanol–water partition coefficient (Wildman–Crippen LogP) is 2.52. The number of benzene rings is 1. The van der Waals surface area contributed by atoms with Gasteiger partial charge in [0.25, 0.3) is 0 Å². The molecule has 0 unspecified atom stereocenters. The summed E-state index contributed by atoms with van der Waals surface area (Å²) in [6.45, 7) is 0.415. The summed E-state index contributed by atoms with van der Waals surface area (Å²) in [6, 6.07) is 7.00. The fourth-order valence-electron chi connectivity index (χ4n) is 1.36. The summed E-state index contributed by atoms with van der Waals surface area (Å²) in [5, 5.41) is 9.14. The Labute approximate surface area is 104 Å². The quantitative estimate of drug-likeness (QED) is 0.838. The first-order chi connectivity index (χ1) is 8.20. The van der Waals surface area contributed by atoms with E-state index in [9.17, 15) is 0 Å². The number of ether oxygens (including phenoxy) is 1. The molecule has 0 aliphatic rings. The molecule has 0 bridgehead atoms. The van der Waals surface area contributed by atoms with Crippen molar-refractivity contribution in [3.63, 3.8) is 0 Å². The molecular weight excluding hydrogens is 238 g/mol. The summed E-state index contributed by atoms with van der Waals surface area (Å²) in [5.74, 6) is 0.634. The molecule has 1 aromatic heterocycles. The second kappa shape index (κ2) is 4.89. The first-order valence-corrected chi connectivity index (χ1v) is 5.36. The van der Waals surface area contributed by atoms with Crippen LogP contribution in [0.15, 0.2) is 30.7 Å². The van der Waals surface area contributed by atoms with Gasteiger partial charge in [0.2, 0.25) is 0 Å². The van der Waals surface area contributed by atoms with E-state index in [1.165, 1.54) is 0 Å². The molecule has 4 nitrogen and oxygen atoms in total. The normalized spacial score (nSPS) is 9.94. The van der Waals surface area contributed by atoms with Gasteiger partial charge >= 0.3 is 0 Å². The summed E-state index contributed by atoms with van der Waals surface area (Å²) in [6.07, 6.45) is 3.45. The van der Waals surface area contributed by atoms with Gasteiger partial charge in [-0.25, -0.2) is 4.98 Å². The molecule has 0 fully saturated rings. The molecule has 2 aromatic rings. The molecule has 0 aliphatic heterocycles. The molecule has 0 aliphatic carbocycles. The van der Waals surface area contributed by atoms with Crippen LogP contribution in [0.25, 0.3) is 0 Å². The molecule has 0 radical (unpaired) electrons. The largest absolute Gasteiger partial charge is 0.487 e. The van der Waals surface area contributed by atoms with E-state index in [0.717, 1.165) is 5.69 Å². The van der Waals surface area contributed by atoms with Crippen LogP contribution in [0.3, 0.4) is 0 Å². The molecule has 0 saturated heterocycles. The molecule has 0 saturated carbocycles. The Kier molecular flexibility index (Phi) is 3.31. The van der Waals surface area contributed by atoms with Crippen LogP contribution in [0.4, 0.5) is 0 Å². The number of hydrogen-bond acceptors (Lipinski definition) is 3. The van der Waals surface area contributed by atoms with E-state index in [2.05, 4.69) is 4.98 Å². The van der Waals surface area contributed by atoms with E-state index in [4.69, 9.17) is 21.6 Å². The molecule has 1 heterocycles. The van der Waals surface area contributed by atoms with Crippen molar-refractivity contribution in [1.29, 1.82) is 5.26 Å². The van der Waals surface area contributed by atoms with Crippen molar-refractivity contribution in [3.05, 3.63) is 47.0 Å². The summed E-state index contributed by atoms with van der Waals surface area (Å²) in [7, 11) is 1.90. The third kappa shape index (κ3) is 2.58. The number of aromatic nitrogens is 2. The standard InChI is InChI=1S/C12H10ClN3O/c1-16-8-15-6-10(16)7-17-11-3-2-9(5-14)12(13)4-11/h2-4,6,8H,7H2,1H3. The van der Waals surface area contributed by atoms with E-state index in [1.807, 2.05) is 17.7 Å². The van der Waals surface area contributed by atoms with Gasteiger partial charge in [0.1, 0.15) is 18.4 Å². The lowest BCUT2D eigenvalue weighted by Gasteiger charge is -2.07. The summed E-state index contributed by atoms with van der Waals surface area (Å²) >= 11 is 5.90. The second-order valence-electron chi connectivity index (χ2n) is 3.54. The zero-order valence-electron chi connectivity index (χ0n) is 9.22. The van der Waals surface area contributed by atoms with Crippen molar-refractivity contribution < 1.29 is 4.74 Å². The number of aryl methyl sites for hydroxylation is 1. The SMILES string of the molecule is Cn1cncc1COc1ccc(C#N)c(Cl)c1. The van der Waals surface area contributed by atoms with Gasteiger partial charge in [-0.2, -0.15) is 5.26 Å². The van der Waals surface area contributed by atoms with Gasteiger partial charge in [-0.15, -0.1) is 0 Å². The van der Waals surface area contributed by atoms with Crippen molar-refractivity contribution in [2.24, 2.45) is 7.05 Å². The fraction of sp³-hybridized carbons (Fsp3) is 0.167. The van der Waals surface area contributed by atoms with Gasteiger partial charge in [-0.3, -0.25) is 0 Å². The van der Waals surface area contributed by atoms with Gasteiger partial charge in [0, 0.05) is 13.1 Å². The Morgan fingerprint density at radius 2 is 2.35 bits per heavy atom. The van der Waals surface area contributed by atoms with Crippen molar-refractivity contribution >= 4 is 11.6 Å². The number of nitriles is 1. The number of rotatable bonds is 3. The average Bonchev–Trinajstić information content (AvgIpc) is 2.72. The van der Waals surface area contributed by atoms with Gasteiger partial charge in [-0.1, -0.05) is 11.6 Å². The maximum atomic E-state index is 8.74. The van der Waals surface area contributed by atoms with Crippen molar-refractivity contribution in [2.45, 2.75) is 6.61 Å². The Balaban J connectivity index is 2.08. The van der Waals surface area contributed by atoms with Crippen molar-refractivity contribution in [3.8, 4) is 11.8 Å². The molecular formula is C12H10ClN3O. The lowest BCUT2D eigenvalue weighted by molar-refractivity contribution is 0.297. The highest BCUT2D eigenvalue weighted by Crippen LogP contribution is 2.22. The van der Waals surface area contributed by atoms with Crippen LogP contribution in [0.2, 0.25) is 5.02 Å². The third-order valence-corrected chi connectivity index (χ3v) is 2.68. The Hall–Kier alpha value is -1.99.